The number of hydrogen-bond donors (Lipinski definition) is 1. The second kappa shape index (κ2) is 4.92. The van der Waals surface area contributed by atoms with Crippen molar-refractivity contribution < 1.29 is 18.7 Å². The molecule has 2 aliphatic heterocycles. The number of carbonyl (C=O) groups is 1. The zero-order chi connectivity index (χ0) is 16.1. The van der Waals surface area contributed by atoms with E-state index in [1.807, 2.05) is 24.3 Å². The van der Waals surface area contributed by atoms with Crippen LogP contribution in [0.3, 0.4) is 0 Å². The second-order valence-corrected chi connectivity index (χ2v) is 6.23. The Kier molecular flexibility index (Phi) is 3.09. The highest BCUT2D eigenvalue weighted by Crippen LogP contribution is 2.49. The zero-order valence-electron chi connectivity index (χ0n) is 12.8. The number of esters is 1. The van der Waals surface area contributed by atoms with Gasteiger partial charge in [-0.25, -0.2) is 14.2 Å². The third-order valence-electron chi connectivity index (χ3n) is 4.77. The van der Waals surface area contributed by atoms with Crippen LogP contribution in [0.1, 0.15) is 6.92 Å². The molecule has 1 aromatic carbocycles. The summed E-state index contributed by atoms with van der Waals surface area (Å²) in [5.41, 5.74) is -1.22. The van der Waals surface area contributed by atoms with E-state index in [-0.39, 0.29) is 26.4 Å². The Morgan fingerprint density at radius 3 is 2.87 bits per heavy atom. The minimum atomic E-state index is -2.07. The molecule has 1 N–H and O–H groups in total. The SMILES string of the molecule is CCOC(=O)C1(F)CN(c2nc3ccccc3[nH]2)CC12COC2. The van der Waals surface area contributed by atoms with E-state index in [1.165, 1.54) is 0 Å². The van der Waals surface area contributed by atoms with Crippen molar-refractivity contribution in [3.8, 4) is 0 Å². The highest BCUT2D eigenvalue weighted by atomic mass is 19.1. The quantitative estimate of drug-likeness (QED) is 0.872. The molecule has 3 heterocycles. The van der Waals surface area contributed by atoms with E-state index in [0.717, 1.165) is 11.0 Å². The van der Waals surface area contributed by atoms with Crippen LogP contribution in [-0.4, -0.2) is 54.5 Å². The molecule has 1 spiro atoms. The molecule has 6 nitrogen and oxygen atoms in total. The molecule has 2 fully saturated rings. The van der Waals surface area contributed by atoms with E-state index in [0.29, 0.717) is 12.5 Å². The molecular weight excluding hydrogens is 301 g/mol. The van der Waals surface area contributed by atoms with Crippen molar-refractivity contribution in [3.05, 3.63) is 24.3 Å². The van der Waals surface area contributed by atoms with Gasteiger partial charge in [-0.05, 0) is 19.1 Å². The molecule has 1 unspecified atom stereocenters. The largest absolute Gasteiger partial charge is 0.464 e. The fraction of sp³-hybridized carbons (Fsp3) is 0.500. The Morgan fingerprint density at radius 1 is 1.43 bits per heavy atom. The summed E-state index contributed by atoms with van der Waals surface area (Å²) in [5, 5.41) is 0. The van der Waals surface area contributed by atoms with Crippen molar-refractivity contribution in [1.29, 1.82) is 0 Å². The van der Waals surface area contributed by atoms with Crippen molar-refractivity contribution in [2.75, 3.05) is 37.8 Å². The summed E-state index contributed by atoms with van der Waals surface area (Å²) < 4.78 is 25.7. The van der Waals surface area contributed by atoms with E-state index < -0.39 is 17.1 Å². The Morgan fingerprint density at radius 2 is 2.22 bits per heavy atom. The lowest BCUT2D eigenvalue weighted by Gasteiger charge is -2.43. The number of hydrogen-bond acceptors (Lipinski definition) is 5. The first-order valence-corrected chi connectivity index (χ1v) is 7.72. The lowest BCUT2D eigenvalue weighted by Crippen LogP contribution is -2.61. The third-order valence-corrected chi connectivity index (χ3v) is 4.77. The standard InChI is InChI=1S/C16H18FN3O3/c1-2-23-13(21)16(17)8-20(7-15(16)9-22-10-15)14-18-11-5-3-4-6-12(11)19-14/h3-6H,2,7-10H2,1H3,(H,18,19). The van der Waals surface area contributed by atoms with Crippen molar-refractivity contribution in [2.45, 2.75) is 12.6 Å². The predicted octanol–water partition coefficient (Wildman–Crippen LogP) is 1.67. The predicted molar refractivity (Wildman–Crippen MR) is 82.0 cm³/mol. The number of nitrogens with one attached hydrogen (secondary N) is 1. The monoisotopic (exact) mass is 319 g/mol. The maximum Gasteiger partial charge on any atom is 0.346 e. The van der Waals surface area contributed by atoms with Gasteiger partial charge in [0, 0.05) is 6.54 Å². The summed E-state index contributed by atoms with van der Waals surface area (Å²) >= 11 is 0. The molecule has 0 amide bonds. The Hall–Kier alpha value is -2.15. The average Bonchev–Trinajstić information content (AvgIpc) is 3.06. The molecule has 0 radical (unpaired) electrons. The minimum Gasteiger partial charge on any atom is -0.464 e. The van der Waals surface area contributed by atoms with Crippen LogP contribution in [0.5, 0.6) is 0 Å². The number of fused-ring (bicyclic) bond motifs is 1. The highest BCUT2D eigenvalue weighted by Gasteiger charge is 2.68. The molecule has 0 aliphatic carbocycles. The van der Waals surface area contributed by atoms with Gasteiger partial charge in [0.1, 0.15) is 0 Å². The molecule has 0 bridgehead atoms. The van der Waals surface area contributed by atoms with Crippen molar-refractivity contribution >= 4 is 23.0 Å². The number of anilines is 1. The van der Waals surface area contributed by atoms with Gasteiger partial charge in [0.15, 0.2) is 0 Å². The van der Waals surface area contributed by atoms with Gasteiger partial charge < -0.3 is 19.4 Å². The number of ether oxygens (including phenoxy) is 2. The van der Waals surface area contributed by atoms with Gasteiger partial charge >= 0.3 is 5.97 Å². The molecule has 122 valence electrons. The second-order valence-electron chi connectivity index (χ2n) is 6.23. The molecule has 2 aliphatic rings. The van der Waals surface area contributed by atoms with Crippen LogP contribution < -0.4 is 4.90 Å². The summed E-state index contributed by atoms with van der Waals surface area (Å²) in [4.78, 5) is 21.7. The fourth-order valence-corrected chi connectivity index (χ4v) is 3.41. The van der Waals surface area contributed by atoms with Crippen LogP contribution >= 0.6 is 0 Å². The van der Waals surface area contributed by atoms with Gasteiger partial charge in [-0.2, -0.15) is 0 Å². The van der Waals surface area contributed by atoms with Crippen LogP contribution in [0.4, 0.5) is 10.3 Å². The number of halogens is 1. The lowest BCUT2D eigenvalue weighted by atomic mass is 9.74. The Bertz CT molecular complexity index is 725. The van der Waals surface area contributed by atoms with Gasteiger partial charge in [-0.1, -0.05) is 12.1 Å². The minimum absolute atomic E-state index is 0.0744. The first kappa shape index (κ1) is 14.4. The van der Waals surface area contributed by atoms with E-state index in [2.05, 4.69) is 9.97 Å². The van der Waals surface area contributed by atoms with Crippen LogP contribution in [0.25, 0.3) is 11.0 Å². The number of alkyl halides is 1. The zero-order valence-corrected chi connectivity index (χ0v) is 12.8. The van der Waals surface area contributed by atoms with Gasteiger partial charge in [0.25, 0.3) is 0 Å². The molecule has 2 aromatic rings. The number of nitrogens with zero attached hydrogens (tertiary/aromatic N) is 2. The van der Waals surface area contributed by atoms with Crippen LogP contribution in [0.15, 0.2) is 24.3 Å². The summed E-state index contributed by atoms with van der Waals surface area (Å²) in [7, 11) is 0. The Labute approximate surface area is 132 Å². The number of imidazole rings is 1. The summed E-state index contributed by atoms with van der Waals surface area (Å²) in [6.45, 7) is 2.58. The molecular formula is C16H18FN3O3. The van der Waals surface area contributed by atoms with Gasteiger partial charge in [-0.3, -0.25) is 0 Å². The first-order chi connectivity index (χ1) is 11.1. The highest BCUT2D eigenvalue weighted by molar-refractivity contribution is 5.84. The third kappa shape index (κ3) is 1.96. The number of aromatic nitrogens is 2. The molecule has 23 heavy (non-hydrogen) atoms. The van der Waals surface area contributed by atoms with E-state index in [1.54, 1.807) is 11.8 Å². The van der Waals surface area contributed by atoms with Gasteiger partial charge in [0.2, 0.25) is 11.6 Å². The number of para-hydroxylation sites is 2. The van der Waals surface area contributed by atoms with Crippen molar-refractivity contribution in [2.24, 2.45) is 5.41 Å². The maximum atomic E-state index is 15.5. The van der Waals surface area contributed by atoms with E-state index in [4.69, 9.17) is 9.47 Å². The smallest absolute Gasteiger partial charge is 0.346 e. The summed E-state index contributed by atoms with van der Waals surface area (Å²) in [6.07, 6.45) is 0. The topological polar surface area (TPSA) is 67.5 Å². The van der Waals surface area contributed by atoms with Crippen molar-refractivity contribution in [3.63, 3.8) is 0 Å². The Balaban J connectivity index is 1.68. The number of rotatable bonds is 3. The molecule has 0 saturated carbocycles. The van der Waals surface area contributed by atoms with Gasteiger partial charge in [0.05, 0.1) is 42.8 Å². The summed E-state index contributed by atoms with van der Waals surface area (Å²) in [6, 6.07) is 7.61. The molecule has 2 saturated heterocycles. The maximum absolute atomic E-state index is 15.5. The van der Waals surface area contributed by atoms with E-state index in [9.17, 15) is 4.79 Å². The summed E-state index contributed by atoms with van der Waals surface area (Å²) in [5.74, 6) is -0.233. The normalized spacial score (nSPS) is 25.7. The number of aromatic amines is 1. The number of carbonyl (C=O) groups excluding carboxylic acids is 1. The van der Waals surface area contributed by atoms with Crippen LogP contribution in [-0.2, 0) is 14.3 Å². The van der Waals surface area contributed by atoms with Crippen molar-refractivity contribution in [1.82, 2.24) is 9.97 Å². The fourth-order valence-electron chi connectivity index (χ4n) is 3.41. The van der Waals surface area contributed by atoms with Crippen LogP contribution in [0.2, 0.25) is 0 Å². The number of benzene rings is 1. The number of H-pyrrole nitrogens is 1. The lowest BCUT2D eigenvalue weighted by molar-refractivity contribution is -0.196. The van der Waals surface area contributed by atoms with Gasteiger partial charge in [-0.15, -0.1) is 0 Å². The van der Waals surface area contributed by atoms with Crippen LogP contribution in [0, 0.1) is 5.41 Å². The molecule has 1 atom stereocenters. The molecule has 7 heteroatoms. The molecule has 4 rings (SSSR count). The van der Waals surface area contributed by atoms with E-state index >= 15 is 4.39 Å². The first-order valence-electron chi connectivity index (χ1n) is 7.72. The molecule has 1 aromatic heterocycles. The average molecular weight is 319 g/mol.